The average molecular weight is 423 g/mol. The van der Waals surface area contributed by atoms with Gasteiger partial charge in [0.05, 0.1) is 6.10 Å². The first kappa shape index (κ1) is 22.7. The molecular weight excluding hydrogens is 388 g/mol. The van der Waals surface area contributed by atoms with E-state index in [0.29, 0.717) is 0 Å². The van der Waals surface area contributed by atoms with E-state index in [2.05, 4.69) is 36.9 Å². The lowest BCUT2D eigenvalue weighted by Crippen LogP contribution is -2.48. The molecule has 166 valence electrons. The van der Waals surface area contributed by atoms with Crippen LogP contribution in [0.5, 0.6) is 5.75 Å². The summed E-state index contributed by atoms with van der Waals surface area (Å²) >= 11 is 0. The number of ether oxygens (including phenoxy) is 1. The number of rotatable bonds is 7. The Morgan fingerprint density at radius 2 is 1.71 bits per heavy atom. The lowest BCUT2D eigenvalue weighted by atomic mass is 10.1. The van der Waals surface area contributed by atoms with Gasteiger partial charge in [0.25, 0.3) is 0 Å². The van der Waals surface area contributed by atoms with Crippen molar-refractivity contribution in [1.29, 1.82) is 0 Å². The van der Waals surface area contributed by atoms with Crippen molar-refractivity contribution in [3.63, 3.8) is 0 Å². The topological polar surface area (TPSA) is 79.9 Å². The standard InChI is InChI=1S/C24H34N6O/c1-17(2)31-21-8-6-20(7-9-21)23-24(28-11-10-27-23)30-14-12-29(13-15-30)16-22(18(3)25)19(4)26-5/h6-11,17H,12-16,25H2,1-5H3/b22-18-,26-19?. The highest BCUT2D eigenvalue weighted by Crippen LogP contribution is 2.29. The average Bonchev–Trinajstić information content (AvgIpc) is 2.77. The van der Waals surface area contributed by atoms with E-state index in [1.165, 1.54) is 0 Å². The number of nitrogens with two attached hydrogens (primary N) is 1. The molecular formula is C24H34N6O. The van der Waals surface area contributed by atoms with Crippen molar-refractivity contribution in [3.8, 4) is 17.0 Å². The SMILES string of the molecule is CN=C(C)/C(CN1CCN(c2nccnc2-c2ccc(OC(C)C)cc2)CC1)=C(/C)N. The van der Waals surface area contributed by atoms with Crippen molar-refractivity contribution in [2.45, 2.75) is 33.8 Å². The lowest BCUT2D eigenvalue weighted by molar-refractivity contribution is 0.242. The second kappa shape index (κ2) is 10.4. The van der Waals surface area contributed by atoms with Gasteiger partial charge in [0.2, 0.25) is 0 Å². The van der Waals surface area contributed by atoms with E-state index in [4.69, 9.17) is 10.5 Å². The zero-order valence-corrected chi connectivity index (χ0v) is 19.3. The summed E-state index contributed by atoms with van der Waals surface area (Å²) in [7, 11) is 1.81. The quantitative estimate of drug-likeness (QED) is 0.689. The van der Waals surface area contributed by atoms with Crippen LogP contribution in [0.4, 0.5) is 5.82 Å². The van der Waals surface area contributed by atoms with Gasteiger partial charge in [-0.1, -0.05) is 0 Å². The summed E-state index contributed by atoms with van der Waals surface area (Å²) in [4.78, 5) is 18.4. The van der Waals surface area contributed by atoms with E-state index < -0.39 is 0 Å². The molecule has 1 fully saturated rings. The second-order valence-corrected chi connectivity index (χ2v) is 8.15. The van der Waals surface area contributed by atoms with Crippen molar-refractivity contribution in [1.82, 2.24) is 14.9 Å². The number of hydrogen-bond acceptors (Lipinski definition) is 7. The van der Waals surface area contributed by atoms with Crippen molar-refractivity contribution < 1.29 is 4.74 Å². The Balaban J connectivity index is 1.71. The molecule has 0 atom stereocenters. The Morgan fingerprint density at radius 1 is 1.06 bits per heavy atom. The summed E-state index contributed by atoms with van der Waals surface area (Å²) in [6, 6.07) is 8.09. The first-order chi connectivity index (χ1) is 14.9. The zero-order valence-electron chi connectivity index (χ0n) is 19.3. The van der Waals surface area contributed by atoms with Gasteiger partial charge < -0.3 is 15.4 Å². The third-order valence-electron chi connectivity index (χ3n) is 5.48. The summed E-state index contributed by atoms with van der Waals surface area (Å²) in [6.45, 7) is 12.5. The predicted octanol–water partition coefficient (Wildman–Crippen LogP) is 3.38. The number of allylic oxidation sites excluding steroid dienone is 1. The molecule has 7 heteroatoms. The molecule has 31 heavy (non-hydrogen) atoms. The van der Waals surface area contributed by atoms with Crippen LogP contribution in [0, 0.1) is 0 Å². The maximum Gasteiger partial charge on any atom is 0.155 e. The summed E-state index contributed by atoms with van der Waals surface area (Å²) in [5.74, 6) is 1.79. The number of hydrogen-bond donors (Lipinski definition) is 1. The number of aromatic nitrogens is 2. The zero-order chi connectivity index (χ0) is 22.4. The van der Waals surface area contributed by atoms with Crippen LogP contribution in [0.1, 0.15) is 27.7 Å². The van der Waals surface area contributed by atoms with Crippen molar-refractivity contribution >= 4 is 11.5 Å². The predicted molar refractivity (Wildman–Crippen MR) is 128 cm³/mol. The van der Waals surface area contributed by atoms with E-state index >= 15 is 0 Å². The molecule has 1 saturated heterocycles. The first-order valence-electron chi connectivity index (χ1n) is 10.8. The minimum atomic E-state index is 0.153. The molecule has 0 unspecified atom stereocenters. The smallest absolute Gasteiger partial charge is 0.155 e. The van der Waals surface area contributed by atoms with E-state index in [9.17, 15) is 0 Å². The Morgan fingerprint density at radius 3 is 2.29 bits per heavy atom. The van der Waals surface area contributed by atoms with Crippen LogP contribution < -0.4 is 15.4 Å². The lowest BCUT2D eigenvalue weighted by Gasteiger charge is -2.36. The molecule has 0 saturated carbocycles. The van der Waals surface area contributed by atoms with E-state index in [-0.39, 0.29) is 6.10 Å². The minimum absolute atomic E-state index is 0.153. The molecule has 0 radical (unpaired) electrons. The molecule has 0 spiro atoms. The van der Waals surface area contributed by atoms with Gasteiger partial charge in [-0.3, -0.25) is 14.9 Å². The van der Waals surface area contributed by atoms with Crippen LogP contribution >= 0.6 is 0 Å². The van der Waals surface area contributed by atoms with Crippen LogP contribution in [-0.4, -0.2) is 66.5 Å². The molecule has 2 heterocycles. The monoisotopic (exact) mass is 422 g/mol. The molecule has 2 aromatic rings. The number of nitrogens with zero attached hydrogens (tertiary/aromatic N) is 5. The summed E-state index contributed by atoms with van der Waals surface area (Å²) in [5.41, 5.74) is 11.0. The van der Waals surface area contributed by atoms with Gasteiger partial charge in [-0.15, -0.1) is 0 Å². The van der Waals surface area contributed by atoms with Crippen molar-refractivity contribution in [2.75, 3.05) is 44.7 Å². The molecule has 3 rings (SSSR count). The van der Waals surface area contributed by atoms with Crippen LogP contribution in [0.3, 0.4) is 0 Å². The van der Waals surface area contributed by atoms with Crippen LogP contribution in [-0.2, 0) is 0 Å². The summed E-state index contributed by atoms with van der Waals surface area (Å²) in [6.07, 6.45) is 3.67. The Bertz CT molecular complexity index is 923. The molecule has 0 amide bonds. The number of aliphatic imine (C=N–C) groups is 1. The van der Waals surface area contributed by atoms with E-state index in [1.54, 1.807) is 12.4 Å². The maximum absolute atomic E-state index is 6.10. The van der Waals surface area contributed by atoms with Crippen LogP contribution in [0.25, 0.3) is 11.3 Å². The summed E-state index contributed by atoms with van der Waals surface area (Å²) in [5, 5.41) is 0. The van der Waals surface area contributed by atoms with Gasteiger partial charge in [0.1, 0.15) is 11.4 Å². The number of anilines is 1. The van der Waals surface area contributed by atoms with E-state index in [1.807, 2.05) is 46.9 Å². The Labute approximate surface area is 185 Å². The second-order valence-electron chi connectivity index (χ2n) is 8.15. The fourth-order valence-electron chi connectivity index (χ4n) is 3.73. The van der Waals surface area contributed by atoms with Crippen LogP contribution in [0.15, 0.2) is 52.9 Å². The largest absolute Gasteiger partial charge is 0.491 e. The third-order valence-corrected chi connectivity index (χ3v) is 5.48. The molecule has 0 aliphatic carbocycles. The molecule has 1 aliphatic heterocycles. The van der Waals surface area contributed by atoms with Gasteiger partial charge >= 0.3 is 0 Å². The molecule has 1 aromatic carbocycles. The van der Waals surface area contributed by atoms with Gasteiger partial charge in [-0.25, -0.2) is 4.98 Å². The van der Waals surface area contributed by atoms with Gasteiger partial charge in [0.15, 0.2) is 5.82 Å². The fraction of sp³-hybridized carbons (Fsp3) is 0.458. The van der Waals surface area contributed by atoms with Crippen molar-refractivity contribution in [2.24, 2.45) is 10.7 Å². The Kier molecular flexibility index (Phi) is 7.63. The van der Waals surface area contributed by atoms with Gasteiger partial charge in [-0.05, 0) is 52.0 Å². The highest BCUT2D eigenvalue weighted by atomic mass is 16.5. The van der Waals surface area contributed by atoms with Gasteiger partial charge in [-0.2, -0.15) is 0 Å². The highest BCUT2D eigenvalue weighted by molar-refractivity contribution is 5.99. The molecule has 1 aliphatic rings. The fourth-order valence-corrected chi connectivity index (χ4v) is 3.73. The van der Waals surface area contributed by atoms with Crippen molar-refractivity contribution in [3.05, 3.63) is 47.9 Å². The molecule has 0 bridgehead atoms. The number of benzene rings is 1. The number of piperazine rings is 1. The van der Waals surface area contributed by atoms with Crippen LogP contribution in [0.2, 0.25) is 0 Å². The Hall–Kier alpha value is -2.93. The molecule has 7 nitrogen and oxygen atoms in total. The third kappa shape index (κ3) is 5.82. The minimum Gasteiger partial charge on any atom is -0.491 e. The molecule has 2 N–H and O–H groups in total. The maximum atomic E-state index is 6.10. The summed E-state index contributed by atoms with van der Waals surface area (Å²) < 4.78 is 5.76. The normalized spacial score (nSPS) is 16.5. The highest BCUT2D eigenvalue weighted by Gasteiger charge is 2.22. The van der Waals surface area contributed by atoms with Gasteiger partial charge in [0, 0.05) is 74.7 Å². The molecule has 1 aromatic heterocycles. The first-order valence-corrected chi connectivity index (χ1v) is 10.8. The van der Waals surface area contributed by atoms with E-state index in [0.717, 1.165) is 72.5 Å².